The third kappa shape index (κ3) is 3.86. The number of likely N-dealkylation sites (tertiary alicyclic amines) is 1. The standard InChI is InChI=1S/C22H24FN3O2/c23-18-6-8-19(9-7-18)24-12-14-25(15-13-24)22(28)20-10-11-21(27)26(20)16-17-4-2-1-3-5-17/h1-9,20H,10-16H2. The zero-order valence-electron chi connectivity index (χ0n) is 15.8. The minimum atomic E-state index is -0.370. The van der Waals surface area contributed by atoms with Crippen LogP contribution in [0.15, 0.2) is 54.6 Å². The van der Waals surface area contributed by atoms with Gasteiger partial charge in [0.25, 0.3) is 0 Å². The van der Waals surface area contributed by atoms with Crippen molar-refractivity contribution >= 4 is 17.5 Å². The lowest BCUT2D eigenvalue weighted by molar-refractivity contribution is -0.142. The normalized spacial score (nSPS) is 20.0. The van der Waals surface area contributed by atoms with E-state index in [1.807, 2.05) is 35.2 Å². The Balaban J connectivity index is 1.38. The quantitative estimate of drug-likeness (QED) is 0.818. The van der Waals surface area contributed by atoms with Gasteiger partial charge in [-0.1, -0.05) is 30.3 Å². The molecule has 2 fully saturated rings. The first kappa shape index (κ1) is 18.5. The second kappa shape index (κ2) is 8.00. The minimum absolute atomic E-state index is 0.0422. The van der Waals surface area contributed by atoms with E-state index < -0.39 is 0 Å². The smallest absolute Gasteiger partial charge is 0.245 e. The molecule has 0 radical (unpaired) electrons. The molecule has 6 heteroatoms. The highest BCUT2D eigenvalue weighted by Gasteiger charge is 2.38. The van der Waals surface area contributed by atoms with E-state index in [9.17, 15) is 14.0 Å². The van der Waals surface area contributed by atoms with Crippen molar-refractivity contribution < 1.29 is 14.0 Å². The van der Waals surface area contributed by atoms with Gasteiger partial charge in [-0.15, -0.1) is 0 Å². The van der Waals surface area contributed by atoms with E-state index in [1.165, 1.54) is 12.1 Å². The number of benzene rings is 2. The van der Waals surface area contributed by atoms with Crippen molar-refractivity contribution in [2.75, 3.05) is 31.1 Å². The van der Waals surface area contributed by atoms with Gasteiger partial charge in [-0.3, -0.25) is 9.59 Å². The van der Waals surface area contributed by atoms with Gasteiger partial charge in [-0.25, -0.2) is 4.39 Å². The number of hydrogen-bond acceptors (Lipinski definition) is 3. The summed E-state index contributed by atoms with van der Waals surface area (Å²) in [6.45, 7) is 3.11. The maximum Gasteiger partial charge on any atom is 0.245 e. The van der Waals surface area contributed by atoms with Crippen LogP contribution in [0, 0.1) is 5.82 Å². The van der Waals surface area contributed by atoms with Crippen LogP contribution >= 0.6 is 0 Å². The molecule has 146 valence electrons. The third-order valence-corrected chi connectivity index (χ3v) is 5.59. The second-order valence-electron chi connectivity index (χ2n) is 7.35. The van der Waals surface area contributed by atoms with Crippen molar-refractivity contribution in [2.24, 2.45) is 0 Å². The summed E-state index contributed by atoms with van der Waals surface area (Å²) in [5.74, 6) is -0.158. The summed E-state index contributed by atoms with van der Waals surface area (Å²) in [6.07, 6.45) is 1.02. The van der Waals surface area contributed by atoms with E-state index in [0.717, 1.165) is 11.3 Å². The van der Waals surface area contributed by atoms with Gasteiger partial charge in [0.05, 0.1) is 0 Å². The molecule has 0 spiro atoms. The topological polar surface area (TPSA) is 43.9 Å². The van der Waals surface area contributed by atoms with Crippen molar-refractivity contribution in [2.45, 2.75) is 25.4 Å². The van der Waals surface area contributed by atoms with E-state index in [0.29, 0.717) is 45.6 Å². The molecule has 2 saturated heterocycles. The monoisotopic (exact) mass is 381 g/mol. The number of carbonyl (C=O) groups is 2. The third-order valence-electron chi connectivity index (χ3n) is 5.59. The van der Waals surface area contributed by atoms with E-state index in [4.69, 9.17) is 0 Å². The van der Waals surface area contributed by atoms with E-state index in [1.54, 1.807) is 17.0 Å². The SMILES string of the molecule is O=C(C1CCC(=O)N1Cc1ccccc1)N1CCN(c2ccc(F)cc2)CC1. The molecule has 2 amide bonds. The fraction of sp³-hybridized carbons (Fsp3) is 0.364. The van der Waals surface area contributed by atoms with Crippen molar-refractivity contribution in [3.63, 3.8) is 0 Å². The molecule has 4 rings (SSSR count). The van der Waals surface area contributed by atoms with Gasteiger partial charge in [0.15, 0.2) is 0 Å². The largest absolute Gasteiger partial charge is 0.368 e. The van der Waals surface area contributed by atoms with Crippen molar-refractivity contribution in [3.8, 4) is 0 Å². The Kier molecular flexibility index (Phi) is 5.28. The van der Waals surface area contributed by atoms with Gasteiger partial charge in [-0.05, 0) is 36.2 Å². The summed E-state index contributed by atoms with van der Waals surface area (Å²) in [6, 6.07) is 15.9. The molecule has 0 aliphatic carbocycles. The summed E-state index contributed by atoms with van der Waals surface area (Å²) in [5.41, 5.74) is 2.01. The van der Waals surface area contributed by atoms with Crippen LogP contribution in [-0.4, -0.2) is 53.8 Å². The molecule has 2 aliphatic heterocycles. The van der Waals surface area contributed by atoms with Crippen LogP contribution in [0.2, 0.25) is 0 Å². The van der Waals surface area contributed by atoms with Crippen LogP contribution in [0.5, 0.6) is 0 Å². The molecule has 2 aliphatic rings. The van der Waals surface area contributed by atoms with Crippen LogP contribution in [0.1, 0.15) is 18.4 Å². The number of halogens is 1. The Morgan fingerprint density at radius 2 is 1.64 bits per heavy atom. The first-order chi connectivity index (χ1) is 13.6. The molecule has 2 aromatic rings. The zero-order valence-corrected chi connectivity index (χ0v) is 15.8. The van der Waals surface area contributed by atoms with Crippen molar-refractivity contribution in [1.82, 2.24) is 9.80 Å². The van der Waals surface area contributed by atoms with Gasteiger partial charge in [-0.2, -0.15) is 0 Å². The lowest BCUT2D eigenvalue weighted by Gasteiger charge is -2.38. The number of anilines is 1. The summed E-state index contributed by atoms with van der Waals surface area (Å²) in [7, 11) is 0. The van der Waals surface area contributed by atoms with Crippen molar-refractivity contribution in [1.29, 1.82) is 0 Å². The van der Waals surface area contributed by atoms with E-state index >= 15 is 0 Å². The summed E-state index contributed by atoms with van der Waals surface area (Å²) >= 11 is 0. The Morgan fingerprint density at radius 1 is 0.964 bits per heavy atom. The lowest BCUT2D eigenvalue weighted by atomic mass is 10.1. The lowest BCUT2D eigenvalue weighted by Crippen LogP contribution is -2.54. The van der Waals surface area contributed by atoms with E-state index in [-0.39, 0.29) is 23.7 Å². The minimum Gasteiger partial charge on any atom is -0.368 e. The fourth-order valence-corrected chi connectivity index (χ4v) is 4.02. The van der Waals surface area contributed by atoms with Crippen molar-refractivity contribution in [3.05, 3.63) is 66.0 Å². The van der Waals surface area contributed by atoms with Crippen LogP contribution in [-0.2, 0) is 16.1 Å². The van der Waals surface area contributed by atoms with Crippen LogP contribution in [0.25, 0.3) is 0 Å². The van der Waals surface area contributed by atoms with Gasteiger partial charge in [0.1, 0.15) is 11.9 Å². The molecule has 1 unspecified atom stereocenters. The molecular formula is C22H24FN3O2. The Labute approximate surface area is 164 Å². The molecule has 2 aromatic carbocycles. The summed E-state index contributed by atoms with van der Waals surface area (Å²) in [4.78, 5) is 31.2. The summed E-state index contributed by atoms with van der Waals surface area (Å²) < 4.78 is 13.1. The molecule has 28 heavy (non-hydrogen) atoms. The number of amides is 2. The van der Waals surface area contributed by atoms with Crippen LogP contribution in [0.4, 0.5) is 10.1 Å². The summed E-state index contributed by atoms with van der Waals surface area (Å²) in [5, 5.41) is 0. The average molecular weight is 381 g/mol. The fourth-order valence-electron chi connectivity index (χ4n) is 4.02. The highest BCUT2D eigenvalue weighted by Crippen LogP contribution is 2.24. The maximum absolute atomic E-state index is 13.1. The Bertz CT molecular complexity index is 833. The molecule has 0 bridgehead atoms. The van der Waals surface area contributed by atoms with Crippen LogP contribution in [0.3, 0.4) is 0 Å². The number of nitrogens with zero attached hydrogens (tertiary/aromatic N) is 3. The number of piperazine rings is 1. The Hall–Kier alpha value is -2.89. The van der Waals surface area contributed by atoms with Gasteiger partial charge in [0, 0.05) is 44.8 Å². The molecule has 0 N–H and O–H groups in total. The molecule has 0 aromatic heterocycles. The van der Waals surface area contributed by atoms with Gasteiger partial charge in [0.2, 0.25) is 11.8 Å². The average Bonchev–Trinajstić information content (AvgIpc) is 3.09. The highest BCUT2D eigenvalue weighted by molar-refractivity contribution is 5.91. The van der Waals surface area contributed by atoms with Gasteiger partial charge >= 0.3 is 0 Å². The molecule has 0 saturated carbocycles. The molecule has 1 atom stereocenters. The van der Waals surface area contributed by atoms with E-state index in [2.05, 4.69) is 4.90 Å². The second-order valence-corrected chi connectivity index (χ2v) is 7.35. The molecular weight excluding hydrogens is 357 g/mol. The molecule has 5 nitrogen and oxygen atoms in total. The number of rotatable bonds is 4. The first-order valence-corrected chi connectivity index (χ1v) is 9.74. The van der Waals surface area contributed by atoms with Gasteiger partial charge < -0.3 is 14.7 Å². The maximum atomic E-state index is 13.1. The van der Waals surface area contributed by atoms with Crippen LogP contribution < -0.4 is 4.90 Å². The zero-order chi connectivity index (χ0) is 19.5. The number of hydrogen-bond donors (Lipinski definition) is 0. The predicted molar refractivity (Wildman–Crippen MR) is 105 cm³/mol. The molecule has 2 heterocycles. The predicted octanol–water partition coefficient (Wildman–Crippen LogP) is 2.67. The Morgan fingerprint density at radius 3 is 2.32 bits per heavy atom. The number of carbonyl (C=O) groups excluding carboxylic acids is 2. The highest BCUT2D eigenvalue weighted by atomic mass is 19.1. The first-order valence-electron chi connectivity index (χ1n) is 9.74.